The van der Waals surface area contributed by atoms with Gasteiger partial charge in [-0.25, -0.2) is 0 Å². The maximum Gasteiger partial charge on any atom is 0.303 e. The summed E-state index contributed by atoms with van der Waals surface area (Å²) >= 11 is 6.70. The molecule has 0 aromatic carbocycles. The highest BCUT2D eigenvalue weighted by atomic mass is 79.9. The van der Waals surface area contributed by atoms with E-state index in [1.165, 1.54) is 19.3 Å². The Bertz CT molecular complexity index is 485. The number of hydrogen-bond acceptors (Lipinski definition) is 1. The monoisotopic (exact) mass is 428 g/mol. The van der Waals surface area contributed by atoms with E-state index in [1.54, 1.807) is 0 Å². The van der Waals surface area contributed by atoms with Crippen LogP contribution in [0.25, 0.3) is 0 Å². The fraction of sp³-hybridized carbons (Fsp3) is 0.500. The van der Waals surface area contributed by atoms with Crippen LogP contribution in [0.1, 0.15) is 57.8 Å². The van der Waals surface area contributed by atoms with Crippen molar-refractivity contribution in [2.24, 2.45) is 0 Å². The Balaban J connectivity index is 3.47. The molecule has 0 radical (unpaired) electrons. The predicted octanol–water partition coefficient (Wildman–Crippen LogP) is 5.78. The summed E-state index contributed by atoms with van der Waals surface area (Å²) in [7, 11) is 0. The number of rotatable bonds is 10. The third-order valence-corrected chi connectivity index (χ3v) is 3.60. The number of hydrogen-bond donors (Lipinski definition) is 1. The Labute approximate surface area is 150 Å². The molecular formula is C18H22Br2O2. The number of carbonyl (C=O) groups is 1. The summed E-state index contributed by atoms with van der Waals surface area (Å²) in [5, 5.41) is 8.46. The molecular weight excluding hydrogens is 408 g/mol. The fourth-order valence-corrected chi connectivity index (χ4v) is 2.62. The van der Waals surface area contributed by atoms with Gasteiger partial charge in [-0.2, -0.15) is 0 Å². The van der Waals surface area contributed by atoms with Crippen molar-refractivity contribution < 1.29 is 9.90 Å². The molecule has 0 aliphatic rings. The Hall–Kier alpha value is -0.970. The number of unbranched alkanes of at least 4 members (excludes halogenated alkanes) is 6. The minimum Gasteiger partial charge on any atom is -0.481 e. The van der Waals surface area contributed by atoms with E-state index in [2.05, 4.69) is 61.6 Å². The molecule has 0 unspecified atom stereocenters. The van der Waals surface area contributed by atoms with Gasteiger partial charge < -0.3 is 5.11 Å². The van der Waals surface area contributed by atoms with Crippen LogP contribution in [0.4, 0.5) is 0 Å². The average molecular weight is 430 g/mol. The van der Waals surface area contributed by atoms with Crippen LogP contribution in [0.2, 0.25) is 0 Å². The molecule has 0 aromatic rings. The van der Waals surface area contributed by atoms with E-state index in [1.807, 2.05) is 11.1 Å². The Kier molecular flexibility index (Phi) is 15.7. The van der Waals surface area contributed by atoms with E-state index in [4.69, 9.17) is 5.11 Å². The Morgan fingerprint density at radius 3 is 2.27 bits per heavy atom. The van der Waals surface area contributed by atoms with Crippen LogP contribution in [-0.4, -0.2) is 11.1 Å². The van der Waals surface area contributed by atoms with Gasteiger partial charge in [0.25, 0.3) is 0 Å². The summed E-state index contributed by atoms with van der Waals surface area (Å²) in [6, 6.07) is 0. The summed E-state index contributed by atoms with van der Waals surface area (Å²) in [5.41, 5.74) is 0. The maximum atomic E-state index is 10.3. The van der Waals surface area contributed by atoms with Crippen molar-refractivity contribution in [2.45, 2.75) is 57.8 Å². The highest BCUT2D eigenvalue weighted by Crippen LogP contribution is 2.12. The number of aliphatic carboxylic acids is 1. The van der Waals surface area contributed by atoms with Crippen molar-refractivity contribution in [3.63, 3.8) is 0 Å². The average Bonchev–Trinajstić information content (AvgIpc) is 2.47. The SMILES string of the molecule is O=C(O)CCCC#CC#CCCCCCCC=C(Br)C=CBr. The molecule has 2 nitrogen and oxygen atoms in total. The minimum atomic E-state index is -0.768. The first-order chi connectivity index (χ1) is 10.7. The maximum absolute atomic E-state index is 10.3. The lowest BCUT2D eigenvalue weighted by atomic mass is 10.1. The topological polar surface area (TPSA) is 37.3 Å². The summed E-state index contributed by atoms with van der Waals surface area (Å²) in [6.45, 7) is 0. The van der Waals surface area contributed by atoms with Gasteiger partial charge in [0.2, 0.25) is 0 Å². The predicted molar refractivity (Wildman–Crippen MR) is 99.8 cm³/mol. The zero-order valence-electron chi connectivity index (χ0n) is 12.7. The summed E-state index contributed by atoms with van der Waals surface area (Å²) in [5.74, 6) is 10.7. The molecule has 0 aliphatic carbocycles. The molecule has 0 saturated carbocycles. The molecule has 4 heteroatoms. The number of halogens is 2. The number of allylic oxidation sites excluding steroid dienone is 3. The lowest BCUT2D eigenvalue weighted by molar-refractivity contribution is -0.137. The van der Waals surface area contributed by atoms with Gasteiger partial charge in [0, 0.05) is 23.7 Å². The van der Waals surface area contributed by atoms with Crippen molar-refractivity contribution in [3.8, 4) is 23.7 Å². The second-order valence-electron chi connectivity index (χ2n) is 4.69. The van der Waals surface area contributed by atoms with Gasteiger partial charge in [0.1, 0.15) is 0 Å². The van der Waals surface area contributed by atoms with Gasteiger partial charge in [0.15, 0.2) is 0 Å². The lowest BCUT2D eigenvalue weighted by Crippen LogP contribution is -1.92. The van der Waals surface area contributed by atoms with Gasteiger partial charge in [-0.3, -0.25) is 4.79 Å². The second kappa shape index (κ2) is 16.4. The van der Waals surface area contributed by atoms with Crippen LogP contribution in [-0.2, 0) is 4.79 Å². The summed E-state index contributed by atoms with van der Waals surface area (Å²) in [6.07, 6.45) is 12.2. The number of carboxylic acids is 1. The van der Waals surface area contributed by atoms with Crippen LogP contribution in [0.15, 0.2) is 21.6 Å². The minimum absolute atomic E-state index is 0.181. The Morgan fingerprint density at radius 2 is 1.64 bits per heavy atom. The van der Waals surface area contributed by atoms with Gasteiger partial charge in [-0.05, 0) is 48.6 Å². The van der Waals surface area contributed by atoms with E-state index in [-0.39, 0.29) is 6.42 Å². The molecule has 0 fully saturated rings. The molecule has 0 atom stereocenters. The molecule has 0 aromatic heterocycles. The van der Waals surface area contributed by atoms with Crippen LogP contribution in [0.3, 0.4) is 0 Å². The molecule has 1 N–H and O–H groups in total. The first kappa shape index (κ1) is 21.0. The second-order valence-corrected chi connectivity index (χ2v) is 6.13. The summed E-state index contributed by atoms with van der Waals surface area (Å²) < 4.78 is 1.11. The molecule has 0 heterocycles. The molecule has 0 rings (SSSR count). The molecule has 0 aliphatic heterocycles. The third kappa shape index (κ3) is 17.1. The molecule has 120 valence electrons. The Morgan fingerprint density at radius 1 is 1.00 bits per heavy atom. The largest absolute Gasteiger partial charge is 0.481 e. The van der Waals surface area contributed by atoms with E-state index in [0.29, 0.717) is 12.8 Å². The number of carboxylic acid groups (broad SMARTS) is 1. The van der Waals surface area contributed by atoms with Crippen molar-refractivity contribution in [2.75, 3.05) is 0 Å². The van der Waals surface area contributed by atoms with Crippen molar-refractivity contribution in [1.29, 1.82) is 0 Å². The van der Waals surface area contributed by atoms with Gasteiger partial charge in [-0.15, -0.1) is 0 Å². The highest BCUT2D eigenvalue weighted by Gasteiger charge is 1.92. The van der Waals surface area contributed by atoms with Crippen molar-refractivity contribution in [1.82, 2.24) is 0 Å². The quantitative estimate of drug-likeness (QED) is 0.271. The molecule has 22 heavy (non-hydrogen) atoms. The standard InChI is InChI=1S/C18H22Br2O2/c19-16-15-17(20)13-11-9-7-5-3-1-2-4-6-8-10-12-14-18(21)22/h13,15-16H,1,3,5,7,9-12,14H2,(H,21,22). The third-order valence-electron chi connectivity index (χ3n) is 2.75. The molecule has 0 amide bonds. The van der Waals surface area contributed by atoms with Crippen LogP contribution in [0.5, 0.6) is 0 Å². The van der Waals surface area contributed by atoms with Gasteiger partial charge in [0.05, 0.1) is 0 Å². The van der Waals surface area contributed by atoms with E-state index >= 15 is 0 Å². The molecule has 0 saturated heterocycles. The van der Waals surface area contributed by atoms with Crippen LogP contribution >= 0.6 is 31.9 Å². The lowest BCUT2D eigenvalue weighted by Gasteiger charge is -1.96. The van der Waals surface area contributed by atoms with E-state index in [9.17, 15) is 4.79 Å². The summed E-state index contributed by atoms with van der Waals surface area (Å²) in [4.78, 5) is 12.1. The van der Waals surface area contributed by atoms with Crippen LogP contribution in [0, 0.1) is 23.7 Å². The molecule has 0 bridgehead atoms. The molecule has 0 spiro atoms. The van der Waals surface area contributed by atoms with Crippen molar-refractivity contribution >= 4 is 37.8 Å². The fourth-order valence-electron chi connectivity index (χ4n) is 1.62. The zero-order chi connectivity index (χ0) is 16.5. The van der Waals surface area contributed by atoms with E-state index in [0.717, 1.165) is 23.7 Å². The first-order valence-corrected chi connectivity index (χ1v) is 9.17. The van der Waals surface area contributed by atoms with E-state index < -0.39 is 5.97 Å². The van der Waals surface area contributed by atoms with Crippen LogP contribution < -0.4 is 0 Å². The highest BCUT2D eigenvalue weighted by molar-refractivity contribution is 9.12. The zero-order valence-corrected chi connectivity index (χ0v) is 15.9. The van der Waals surface area contributed by atoms with Gasteiger partial charge >= 0.3 is 5.97 Å². The van der Waals surface area contributed by atoms with Crippen molar-refractivity contribution in [3.05, 3.63) is 21.6 Å². The smallest absolute Gasteiger partial charge is 0.303 e. The van der Waals surface area contributed by atoms with Gasteiger partial charge in [-0.1, -0.05) is 62.6 Å². The first-order valence-electron chi connectivity index (χ1n) is 7.46. The normalized spacial score (nSPS) is 10.7.